The fraction of sp³-hybridized carbons (Fsp3) is 0.556. The van der Waals surface area contributed by atoms with Crippen LogP contribution in [0, 0.1) is 6.92 Å². The van der Waals surface area contributed by atoms with Gasteiger partial charge in [-0.1, -0.05) is 0 Å². The molecule has 0 bridgehead atoms. The Morgan fingerprint density at radius 1 is 1.64 bits per heavy atom. The molecule has 1 heterocycles. The van der Waals surface area contributed by atoms with Crippen LogP contribution in [-0.2, 0) is 0 Å². The Morgan fingerprint density at radius 2 is 2.36 bits per heavy atom. The van der Waals surface area contributed by atoms with Gasteiger partial charge < -0.3 is 5.32 Å². The van der Waals surface area contributed by atoms with Gasteiger partial charge in [0.05, 0.1) is 10.0 Å². The highest BCUT2D eigenvalue weighted by atomic mass is 79.9. The van der Waals surface area contributed by atoms with E-state index in [0.717, 1.165) is 29.0 Å². The summed E-state index contributed by atoms with van der Waals surface area (Å²) >= 11 is 9.29. The predicted molar refractivity (Wildman–Crippen MR) is 60.8 cm³/mol. The number of hydrogen-bond acceptors (Lipinski definition) is 3. The number of alkyl halides is 1. The molecule has 1 aliphatic rings. The van der Waals surface area contributed by atoms with Crippen LogP contribution in [0.15, 0.2) is 10.7 Å². The molecule has 1 aromatic heterocycles. The molecular formula is C9H11BrClN3. The van der Waals surface area contributed by atoms with Crippen molar-refractivity contribution in [2.75, 3.05) is 11.2 Å². The fourth-order valence-corrected chi connectivity index (χ4v) is 1.86. The van der Waals surface area contributed by atoms with Gasteiger partial charge >= 0.3 is 0 Å². The second-order valence-corrected chi connectivity index (χ2v) is 4.77. The van der Waals surface area contributed by atoms with Crippen LogP contribution in [0.4, 0.5) is 5.82 Å². The van der Waals surface area contributed by atoms with E-state index in [4.69, 9.17) is 11.6 Å². The van der Waals surface area contributed by atoms with Crippen LogP contribution < -0.4 is 5.32 Å². The van der Waals surface area contributed by atoms with Crippen LogP contribution in [0.2, 0.25) is 0 Å². The van der Waals surface area contributed by atoms with E-state index in [1.807, 2.05) is 6.92 Å². The van der Waals surface area contributed by atoms with Gasteiger partial charge in [-0.25, -0.2) is 9.97 Å². The fourth-order valence-electron chi connectivity index (χ4n) is 1.24. The Labute approximate surface area is 96.4 Å². The molecule has 0 radical (unpaired) electrons. The highest BCUT2D eigenvalue weighted by molar-refractivity contribution is 9.10. The second kappa shape index (κ2) is 3.66. The van der Waals surface area contributed by atoms with E-state index in [-0.39, 0.29) is 5.54 Å². The Balaban J connectivity index is 2.20. The molecule has 0 amide bonds. The predicted octanol–water partition coefficient (Wildman–Crippen LogP) is 2.73. The van der Waals surface area contributed by atoms with Gasteiger partial charge in [-0.05, 0) is 35.7 Å². The minimum Gasteiger partial charge on any atom is -0.362 e. The van der Waals surface area contributed by atoms with E-state index < -0.39 is 0 Å². The molecule has 0 unspecified atom stereocenters. The van der Waals surface area contributed by atoms with E-state index in [0.29, 0.717) is 5.88 Å². The van der Waals surface area contributed by atoms with Crippen molar-refractivity contribution in [2.45, 2.75) is 25.3 Å². The molecule has 5 heteroatoms. The maximum Gasteiger partial charge on any atom is 0.144 e. The standard InChI is InChI=1S/C9H11BrClN3/c1-6-12-4-7(10)8(13-6)14-9(5-11)2-3-9/h4H,2-3,5H2,1H3,(H,12,13,14). The summed E-state index contributed by atoms with van der Waals surface area (Å²) in [6, 6.07) is 0. The summed E-state index contributed by atoms with van der Waals surface area (Å²) in [5.74, 6) is 2.24. The summed E-state index contributed by atoms with van der Waals surface area (Å²) in [7, 11) is 0. The third-order valence-electron chi connectivity index (χ3n) is 2.36. The van der Waals surface area contributed by atoms with Crippen LogP contribution in [-0.4, -0.2) is 21.4 Å². The van der Waals surface area contributed by atoms with Crippen molar-refractivity contribution in [3.8, 4) is 0 Å². The molecule has 3 nitrogen and oxygen atoms in total. The van der Waals surface area contributed by atoms with E-state index in [1.165, 1.54) is 0 Å². The van der Waals surface area contributed by atoms with Gasteiger partial charge in [0.2, 0.25) is 0 Å². The average molecular weight is 277 g/mol. The molecule has 76 valence electrons. The number of anilines is 1. The average Bonchev–Trinajstić information content (AvgIpc) is 2.92. The SMILES string of the molecule is Cc1ncc(Br)c(NC2(CCl)CC2)n1. The molecule has 0 aromatic carbocycles. The minimum atomic E-state index is 0.0743. The molecule has 14 heavy (non-hydrogen) atoms. The van der Waals surface area contributed by atoms with Crippen molar-refractivity contribution in [3.63, 3.8) is 0 Å². The topological polar surface area (TPSA) is 37.8 Å². The zero-order valence-electron chi connectivity index (χ0n) is 7.85. The summed E-state index contributed by atoms with van der Waals surface area (Å²) < 4.78 is 0.888. The molecule has 0 saturated heterocycles. The van der Waals surface area contributed by atoms with Crippen LogP contribution in [0.5, 0.6) is 0 Å². The Morgan fingerprint density at radius 3 is 2.93 bits per heavy atom. The molecule has 0 aliphatic heterocycles. The molecular weight excluding hydrogens is 265 g/mol. The monoisotopic (exact) mass is 275 g/mol. The Kier molecular flexibility index (Phi) is 2.66. The number of hydrogen-bond donors (Lipinski definition) is 1. The van der Waals surface area contributed by atoms with Gasteiger partial charge in [0.15, 0.2) is 0 Å². The van der Waals surface area contributed by atoms with Crippen molar-refractivity contribution in [2.24, 2.45) is 0 Å². The third kappa shape index (κ3) is 2.01. The minimum absolute atomic E-state index is 0.0743. The number of nitrogens with zero attached hydrogens (tertiary/aromatic N) is 2. The van der Waals surface area contributed by atoms with Gasteiger partial charge in [-0.3, -0.25) is 0 Å². The van der Waals surface area contributed by atoms with Crippen molar-refractivity contribution in [1.29, 1.82) is 0 Å². The van der Waals surface area contributed by atoms with E-state index in [9.17, 15) is 0 Å². The lowest BCUT2D eigenvalue weighted by Crippen LogP contribution is -2.24. The first-order valence-electron chi connectivity index (χ1n) is 4.48. The van der Waals surface area contributed by atoms with Crippen LogP contribution >= 0.6 is 27.5 Å². The van der Waals surface area contributed by atoms with Crippen LogP contribution in [0.3, 0.4) is 0 Å². The lowest BCUT2D eigenvalue weighted by Gasteiger charge is -2.15. The Hall–Kier alpha value is -0.350. The summed E-state index contributed by atoms with van der Waals surface area (Å²) in [5.41, 5.74) is 0.0743. The Bertz CT molecular complexity index is 352. The smallest absolute Gasteiger partial charge is 0.144 e. The maximum atomic E-state index is 5.88. The van der Waals surface area contributed by atoms with Crippen LogP contribution in [0.1, 0.15) is 18.7 Å². The number of aryl methyl sites for hydroxylation is 1. The zero-order chi connectivity index (χ0) is 10.2. The zero-order valence-corrected chi connectivity index (χ0v) is 10.2. The van der Waals surface area contributed by atoms with E-state index >= 15 is 0 Å². The lowest BCUT2D eigenvalue weighted by molar-refractivity contribution is 0.822. The van der Waals surface area contributed by atoms with Gasteiger partial charge in [0.1, 0.15) is 11.6 Å². The van der Waals surface area contributed by atoms with Crippen molar-refractivity contribution < 1.29 is 0 Å². The largest absolute Gasteiger partial charge is 0.362 e. The molecule has 1 saturated carbocycles. The van der Waals surface area contributed by atoms with Crippen molar-refractivity contribution in [3.05, 3.63) is 16.5 Å². The number of nitrogens with one attached hydrogen (secondary N) is 1. The van der Waals surface area contributed by atoms with Crippen molar-refractivity contribution >= 4 is 33.3 Å². The normalized spacial score (nSPS) is 17.9. The number of aromatic nitrogens is 2. The maximum absolute atomic E-state index is 5.88. The number of rotatable bonds is 3. The quantitative estimate of drug-likeness (QED) is 0.863. The first kappa shape index (κ1) is 10.2. The van der Waals surface area contributed by atoms with E-state index in [1.54, 1.807) is 6.20 Å². The van der Waals surface area contributed by atoms with Gasteiger partial charge in [0.25, 0.3) is 0 Å². The number of halogens is 2. The highest BCUT2D eigenvalue weighted by Gasteiger charge is 2.42. The second-order valence-electron chi connectivity index (χ2n) is 3.65. The summed E-state index contributed by atoms with van der Waals surface area (Å²) in [5, 5.41) is 3.36. The van der Waals surface area contributed by atoms with Gasteiger partial charge in [-0.15, -0.1) is 11.6 Å². The van der Waals surface area contributed by atoms with Crippen molar-refractivity contribution in [1.82, 2.24) is 9.97 Å². The third-order valence-corrected chi connectivity index (χ3v) is 3.45. The molecule has 1 aliphatic carbocycles. The van der Waals surface area contributed by atoms with Gasteiger partial charge in [-0.2, -0.15) is 0 Å². The first-order chi connectivity index (χ1) is 6.65. The highest BCUT2D eigenvalue weighted by Crippen LogP contribution is 2.40. The van der Waals surface area contributed by atoms with E-state index in [2.05, 4.69) is 31.2 Å². The summed E-state index contributed by atoms with van der Waals surface area (Å²) in [6.07, 6.45) is 3.99. The summed E-state index contributed by atoms with van der Waals surface area (Å²) in [6.45, 7) is 1.87. The molecule has 0 atom stereocenters. The molecule has 0 spiro atoms. The molecule has 1 fully saturated rings. The molecule has 1 N–H and O–H groups in total. The molecule has 2 rings (SSSR count). The summed E-state index contributed by atoms with van der Waals surface area (Å²) in [4.78, 5) is 8.40. The van der Waals surface area contributed by atoms with Crippen LogP contribution in [0.25, 0.3) is 0 Å². The lowest BCUT2D eigenvalue weighted by atomic mass is 10.3. The first-order valence-corrected chi connectivity index (χ1v) is 5.81. The molecule has 1 aromatic rings. The van der Waals surface area contributed by atoms with Gasteiger partial charge in [0, 0.05) is 12.1 Å².